The molecular weight excluding hydrogens is 555 g/mol. The average molecular weight is 590 g/mol. The first-order chi connectivity index (χ1) is 22.6. The summed E-state index contributed by atoms with van der Waals surface area (Å²) in [4.78, 5) is 2.44. The lowest BCUT2D eigenvalue weighted by atomic mass is 9.82. The second-order valence-electron chi connectivity index (χ2n) is 12.5. The Balaban J connectivity index is 1.43. The third-order valence-electron chi connectivity index (χ3n) is 9.49. The summed E-state index contributed by atoms with van der Waals surface area (Å²) in [6.07, 6.45) is 0. The van der Waals surface area contributed by atoms with Crippen molar-refractivity contribution in [1.82, 2.24) is 0 Å². The monoisotopic (exact) mass is 589 g/mol. The maximum atomic E-state index is 2.44. The van der Waals surface area contributed by atoms with Gasteiger partial charge in [-0.05, 0) is 80.4 Å². The topological polar surface area (TPSA) is 3.24 Å². The molecule has 8 rings (SSSR count). The number of rotatable bonds is 6. The average Bonchev–Trinajstić information content (AvgIpc) is 3.35. The lowest BCUT2D eigenvalue weighted by Crippen LogP contribution is -2.15. The van der Waals surface area contributed by atoms with E-state index in [4.69, 9.17) is 0 Å². The normalized spacial score (nSPS) is 12.7. The first kappa shape index (κ1) is 27.9. The van der Waals surface area contributed by atoms with Crippen molar-refractivity contribution in [2.75, 3.05) is 4.90 Å². The summed E-state index contributed by atoms with van der Waals surface area (Å²) in [7, 11) is 0. The predicted octanol–water partition coefficient (Wildman–Crippen LogP) is 12.5. The van der Waals surface area contributed by atoms with Gasteiger partial charge in [0.15, 0.2) is 0 Å². The molecule has 0 aromatic heterocycles. The standard InChI is InChI=1S/C45H35N/c1-45(2)41-27-15-14-24-38(41)40-31-35(29-30-42(40)45)46(34-21-10-5-11-22-34)43-28-16-26-37(33-19-8-4-9-20-33)44(43)39-25-13-12-23-36(39)32-17-6-3-7-18-32/h3-31H,1-2H3. The quantitative estimate of drug-likeness (QED) is 0.186. The highest BCUT2D eigenvalue weighted by Crippen LogP contribution is 2.52. The molecule has 0 atom stereocenters. The predicted molar refractivity (Wildman–Crippen MR) is 195 cm³/mol. The summed E-state index contributed by atoms with van der Waals surface area (Å²) in [5, 5.41) is 0. The zero-order valence-electron chi connectivity index (χ0n) is 26.2. The molecule has 0 aliphatic heterocycles. The van der Waals surface area contributed by atoms with Gasteiger partial charge in [0.25, 0.3) is 0 Å². The highest BCUT2D eigenvalue weighted by Gasteiger charge is 2.35. The molecule has 1 nitrogen and oxygen atoms in total. The van der Waals surface area contributed by atoms with Crippen LogP contribution in [0.25, 0.3) is 44.5 Å². The number of hydrogen-bond donors (Lipinski definition) is 0. The van der Waals surface area contributed by atoms with E-state index in [1.165, 1.54) is 55.6 Å². The summed E-state index contributed by atoms with van der Waals surface area (Å²) in [6.45, 7) is 4.68. The molecule has 46 heavy (non-hydrogen) atoms. The molecule has 0 spiro atoms. The third-order valence-corrected chi connectivity index (χ3v) is 9.49. The van der Waals surface area contributed by atoms with Crippen LogP contribution in [0.4, 0.5) is 17.1 Å². The van der Waals surface area contributed by atoms with E-state index in [-0.39, 0.29) is 5.41 Å². The van der Waals surface area contributed by atoms with Gasteiger partial charge in [-0.2, -0.15) is 0 Å². The smallest absolute Gasteiger partial charge is 0.0546 e. The molecule has 0 bridgehead atoms. The molecule has 0 radical (unpaired) electrons. The zero-order chi connectivity index (χ0) is 31.1. The van der Waals surface area contributed by atoms with Crippen molar-refractivity contribution in [3.63, 3.8) is 0 Å². The first-order valence-corrected chi connectivity index (χ1v) is 16.0. The molecule has 1 heteroatoms. The van der Waals surface area contributed by atoms with Crippen LogP contribution in [0.1, 0.15) is 25.0 Å². The van der Waals surface area contributed by atoms with E-state index in [9.17, 15) is 0 Å². The lowest BCUT2D eigenvalue weighted by molar-refractivity contribution is 0.660. The fourth-order valence-corrected chi connectivity index (χ4v) is 7.29. The SMILES string of the molecule is CC1(C)c2ccccc2-c2cc(N(c3ccccc3)c3cccc(-c4ccccc4)c3-c3ccccc3-c3ccccc3)ccc21. The second kappa shape index (κ2) is 11.4. The van der Waals surface area contributed by atoms with Gasteiger partial charge in [-0.25, -0.2) is 0 Å². The van der Waals surface area contributed by atoms with Crippen molar-refractivity contribution in [3.8, 4) is 44.5 Å². The van der Waals surface area contributed by atoms with E-state index in [1.807, 2.05) is 0 Å². The van der Waals surface area contributed by atoms with Gasteiger partial charge in [0.1, 0.15) is 0 Å². The van der Waals surface area contributed by atoms with Crippen LogP contribution < -0.4 is 4.90 Å². The number of fused-ring (bicyclic) bond motifs is 3. The van der Waals surface area contributed by atoms with Gasteiger partial charge in [0, 0.05) is 22.4 Å². The van der Waals surface area contributed by atoms with Gasteiger partial charge in [0.05, 0.1) is 5.69 Å². The zero-order valence-corrected chi connectivity index (χ0v) is 26.2. The fraction of sp³-hybridized carbons (Fsp3) is 0.0667. The van der Waals surface area contributed by atoms with Gasteiger partial charge >= 0.3 is 0 Å². The Hall–Kier alpha value is -5.66. The Kier molecular flexibility index (Phi) is 6.88. The first-order valence-electron chi connectivity index (χ1n) is 16.0. The molecule has 0 N–H and O–H groups in total. The van der Waals surface area contributed by atoms with Crippen molar-refractivity contribution in [1.29, 1.82) is 0 Å². The molecule has 0 amide bonds. The maximum Gasteiger partial charge on any atom is 0.0546 e. The van der Waals surface area contributed by atoms with Gasteiger partial charge in [0.2, 0.25) is 0 Å². The summed E-state index contributed by atoms with van der Waals surface area (Å²) >= 11 is 0. The second-order valence-corrected chi connectivity index (χ2v) is 12.5. The number of hydrogen-bond acceptors (Lipinski definition) is 1. The fourth-order valence-electron chi connectivity index (χ4n) is 7.29. The molecule has 7 aromatic carbocycles. The van der Waals surface area contributed by atoms with Crippen LogP contribution in [-0.2, 0) is 5.41 Å². The van der Waals surface area contributed by atoms with Crippen LogP contribution in [0.5, 0.6) is 0 Å². The van der Waals surface area contributed by atoms with Gasteiger partial charge in [-0.15, -0.1) is 0 Å². The highest BCUT2D eigenvalue weighted by atomic mass is 15.1. The Morgan fingerprint density at radius 1 is 0.370 bits per heavy atom. The molecular formula is C45H35N. The minimum absolute atomic E-state index is 0.0466. The Bertz CT molecular complexity index is 2160. The van der Waals surface area contributed by atoms with Gasteiger partial charge in [-0.1, -0.05) is 159 Å². The van der Waals surface area contributed by atoms with Crippen molar-refractivity contribution in [3.05, 3.63) is 187 Å². The van der Waals surface area contributed by atoms with Crippen molar-refractivity contribution >= 4 is 17.1 Å². The van der Waals surface area contributed by atoms with Crippen molar-refractivity contribution in [2.24, 2.45) is 0 Å². The highest BCUT2D eigenvalue weighted by molar-refractivity contribution is 6.01. The summed E-state index contributed by atoms with van der Waals surface area (Å²) < 4.78 is 0. The van der Waals surface area contributed by atoms with E-state index < -0.39 is 0 Å². The van der Waals surface area contributed by atoms with Crippen LogP contribution in [0.3, 0.4) is 0 Å². The lowest BCUT2D eigenvalue weighted by Gasteiger charge is -2.30. The number of para-hydroxylation sites is 1. The Morgan fingerprint density at radius 3 is 1.59 bits per heavy atom. The molecule has 1 aliphatic rings. The van der Waals surface area contributed by atoms with Crippen molar-refractivity contribution < 1.29 is 0 Å². The van der Waals surface area contributed by atoms with Crippen LogP contribution in [-0.4, -0.2) is 0 Å². The third kappa shape index (κ3) is 4.64. The minimum atomic E-state index is -0.0466. The number of anilines is 3. The minimum Gasteiger partial charge on any atom is -0.310 e. The largest absolute Gasteiger partial charge is 0.310 e. The van der Waals surface area contributed by atoms with E-state index in [2.05, 4.69) is 195 Å². The van der Waals surface area contributed by atoms with Crippen LogP contribution >= 0.6 is 0 Å². The molecule has 0 heterocycles. The molecule has 0 saturated carbocycles. The summed E-state index contributed by atoms with van der Waals surface area (Å²) in [6, 6.07) is 63.8. The van der Waals surface area contributed by atoms with E-state index in [1.54, 1.807) is 0 Å². The summed E-state index contributed by atoms with van der Waals surface area (Å²) in [5.74, 6) is 0. The molecule has 0 unspecified atom stereocenters. The molecule has 1 aliphatic carbocycles. The maximum absolute atomic E-state index is 2.44. The van der Waals surface area contributed by atoms with E-state index in [0.29, 0.717) is 0 Å². The van der Waals surface area contributed by atoms with Crippen LogP contribution in [0.15, 0.2) is 176 Å². The molecule has 220 valence electrons. The Morgan fingerprint density at radius 2 is 0.891 bits per heavy atom. The van der Waals surface area contributed by atoms with Crippen LogP contribution in [0.2, 0.25) is 0 Å². The van der Waals surface area contributed by atoms with Gasteiger partial charge < -0.3 is 4.90 Å². The van der Waals surface area contributed by atoms with E-state index in [0.717, 1.165) is 17.1 Å². The molecule has 7 aromatic rings. The van der Waals surface area contributed by atoms with Crippen LogP contribution in [0, 0.1) is 0 Å². The summed E-state index contributed by atoms with van der Waals surface area (Å²) in [5.41, 5.74) is 16.0. The molecule has 0 saturated heterocycles. The number of nitrogens with zero attached hydrogens (tertiary/aromatic N) is 1. The van der Waals surface area contributed by atoms with E-state index >= 15 is 0 Å². The van der Waals surface area contributed by atoms with Crippen molar-refractivity contribution in [2.45, 2.75) is 19.3 Å². The van der Waals surface area contributed by atoms with Gasteiger partial charge in [-0.3, -0.25) is 0 Å². The molecule has 0 fully saturated rings. The Labute approximate surface area is 272 Å². The number of benzene rings is 7.